The molecule has 2 nitrogen and oxygen atoms in total. The van der Waals surface area contributed by atoms with Gasteiger partial charge in [0.15, 0.2) is 6.29 Å². The molecule has 0 bridgehead atoms. The number of para-hydroxylation sites is 1. The molecule has 0 heterocycles. The van der Waals surface area contributed by atoms with E-state index in [0.717, 1.165) is 5.19 Å². The molecule has 0 aliphatic rings. The van der Waals surface area contributed by atoms with Gasteiger partial charge in [-0.2, -0.15) is 0 Å². The van der Waals surface area contributed by atoms with Crippen LogP contribution in [0.15, 0.2) is 78.9 Å². The van der Waals surface area contributed by atoms with Crippen LogP contribution in [0.3, 0.4) is 0 Å². The van der Waals surface area contributed by atoms with Crippen LogP contribution in [0.4, 0.5) is 0 Å². The number of phenols is 1. The van der Waals surface area contributed by atoms with Crippen LogP contribution in [-0.4, -0.2) is 20.9 Å². The van der Waals surface area contributed by atoms with Gasteiger partial charge in [-0.1, -0.05) is 72.8 Å². The molecule has 0 aromatic heterocycles. The molecule has 0 atom stereocenters. The van der Waals surface area contributed by atoms with Gasteiger partial charge in [-0.05, 0) is 22.4 Å². The van der Waals surface area contributed by atoms with Gasteiger partial charge in [0.05, 0.1) is 15.1 Å². The van der Waals surface area contributed by atoms with E-state index in [4.69, 9.17) is 0 Å². The molecule has 0 aliphatic heterocycles. The molecular formula is C20H18O2Si. The van der Waals surface area contributed by atoms with Crippen LogP contribution < -0.4 is 5.19 Å². The summed E-state index contributed by atoms with van der Waals surface area (Å²) in [7, 11) is -0.863. The number of hydrogen-bond donors (Lipinski definition) is 1. The van der Waals surface area contributed by atoms with Crippen molar-refractivity contribution >= 4 is 21.0 Å². The van der Waals surface area contributed by atoms with E-state index in [1.807, 2.05) is 48.5 Å². The average Bonchev–Trinajstić information content (AvgIpc) is 2.62. The van der Waals surface area contributed by atoms with Crippen molar-refractivity contribution in [1.29, 1.82) is 0 Å². The lowest BCUT2D eigenvalue weighted by Gasteiger charge is -2.18. The van der Waals surface area contributed by atoms with Crippen LogP contribution in [0.25, 0.3) is 0 Å². The van der Waals surface area contributed by atoms with E-state index < -0.39 is 9.52 Å². The van der Waals surface area contributed by atoms with Crippen molar-refractivity contribution in [2.75, 3.05) is 0 Å². The largest absolute Gasteiger partial charge is 0.507 e. The quantitative estimate of drug-likeness (QED) is 0.580. The molecule has 114 valence electrons. The minimum absolute atomic E-state index is 0.144. The predicted octanol–water partition coefficient (Wildman–Crippen LogP) is 2.79. The maximum Gasteiger partial charge on any atom is 0.153 e. The zero-order valence-electron chi connectivity index (χ0n) is 12.7. The third-order valence-corrected chi connectivity index (χ3v) is 6.47. The number of aldehydes is 1. The lowest BCUT2D eigenvalue weighted by molar-refractivity contribution is 0.112. The summed E-state index contributed by atoms with van der Waals surface area (Å²) >= 11 is 0. The van der Waals surface area contributed by atoms with Gasteiger partial charge in [-0.15, -0.1) is 0 Å². The van der Waals surface area contributed by atoms with Gasteiger partial charge in [0.25, 0.3) is 0 Å². The molecular weight excluding hydrogens is 300 g/mol. The Labute approximate surface area is 138 Å². The lowest BCUT2D eigenvalue weighted by Crippen LogP contribution is -2.24. The third-order valence-electron chi connectivity index (χ3n) is 4.11. The zero-order valence-corrected chi connectivity index (χ0v) is 14.1. The highest BCUT2D eigenvalue weighted by molar-refractivity contribution is 6.57. The maximum absolute atomic E-state index is 11.1. The Morgan fingerprint density at radius 3 is 1.87 bits per heavy atom. The number of carbonyl (C=O) groups is 1. The summed E-state index contributed by atoms with van der Waals surface area (Å²) in [6.45, 7) is 0. The second-order valence-electron chi connectivity index (χ2n) is 5.55. The minimum Gasteiger partial charge on any atom is -0.507 e. The van der Waals surface area contributed by atoms with E-state index in [2.05, 4.69) is 24.3 Å². The fraction of sp³-hybridized carbons (Fsp3) is 0.0500. The molecule has 0 radical (unpaired) electrons. The summed E-state index contributed by atoms with van der Waals surface area (Å²) in [5.74, 6) is 0.144. The molecule has 0 fully saturated rings. The van der Waals surface area contributed by atoms with Gasteiger partial charge >= 0.3 is 0 Å². The van der Waals surface area contributed by atoms with Gasteiger partial charge in [0.1, 0.15) is 5.75 Å². The van der Waals surface area contributed by atoms with E-state index in [9.17, 15) is 9.90 Å². The summed E-state index contributed by atoms with van der Waals surface area (Å²) < 4.78 is 0. The molecule has 3 rings (SSSR count). The van der Waals surface area contributed by atoms with Crippen LogP contribution in [-0.2, 0) is 0 Å². The number of rotatable bonds is 5. The van der Waals surface area contributed by atoms with Crippen LogP contribution in [0.1, 0.15) is 27.0 Å². The lowest BCUT2D eigenvalue weighted by atomic mass is 10.0. The van der Waals surface area contributed by atoms with E-state index >= 15 is 0 Å². The fourth-order valence-electron chi connectivity index (χ4n) is 2.89. The fourth-order valence-corrected chi connectivity index (χ4v) is 5.01. The Kier molecular flexibility index (Phi) is 4.69. The number of phenolic OH excluding ortho intramolecular Hbond substituents is 1. The van der Waals surface area contributed by atoms with Crippen molar-refractivity contribution in [2.24, 2.45) is 0 Å². The first kappa shape index (κ1) is 15.3. The van der Waals surface area contributed by atoms with Crippen LogP contribution in [0.2, 0.25) is 0 Å². The monoisotopic (exact) mass is 318 g/mol. The van der Waals surface area contributed by atoms with E-state index in [-0.39, 0.29) is 11.3 Å². The molecule has 1 N–H and O–H groups in total. The van der Waals surface area contributed by atoms with E-state index in [0.29, 0.717) is 11.8 Å². The van der Waals surface area contributed by atoms with Crippen molar-refractivity contribution in [3.63, 3.8) is 0 Å². The molecule has 0 spiro atoms. The van der Waals surface area contributed by atoms with Crippen molar-refractivity contribution in [3.05, 3.63) is 95.6 Å². The first-order valence-electron chi connectivity index (χ1n) is 7.65. The van der Waals surface area contributed by atoms with Crippen LogP contribution in [0, 0.1) is 0 Å². The second-order valence-corrected chi connectivity index (χ2v) is 7.54. The minimum atomic E-state index is -0.863. The molecule has 3 aromatic carbocycles. The van der Waals surface area contributed by atoms with Crippen molar-refractivity contribution in [3.8, 4) is 5.75 Å². The summed E-state index contributed by atoms with van der Waals surface area (Å²) in [6.07, 6.45) is 0.716. The Morgan fingerprint density at radius 1 is 0.783 bits per heavy atom. The normalized spacial score (nSPS) is 11.2. The summed E-state index contributed by atoms with van der Waals surface area (Å²) in [5, 5.41) is 11.3. The highest BCUT2D eigenvalue weighted by Gasteiger charge is 2.18. The molecule has 0 saturated heterocycles. The van der Waals surface area contributed by atoms with Crippen LogP contribution in [0.5, 0.6) is 5.75 Å². The van der Waals surface area contributed by atoms with E-state index in [1.165, 1.54) is 11.1 Å². The van der Waals surface area contributed by atoms with Crippen molar-refractivity contribution in [2.45, 2.75) is 5.54 Å². The summed E-state index contributed by atoms with van der Waals surface area (Å²) in [5.41, 5.74) is 3.14. The Balaban J connectivity index is 2.02. The van der Waals surface area contributed by atoms with Gasteiger partial charge in [0.2, 0.25) is 0 Å². The smallest absolute Gasteiger partial charge is 0.153 e. The van der Waals surface area contributed by atoms with Gasteiger partial charge in [0, 0.05) is 5.54 Å². The predicted molar refractivity (Wildman–Crippen MR) is 96.4 cm³/mol. The van der Waals surface area contributed by atoms with Crippen LogP contribution >= 0.6 is 0 Å². The number of carbonyl (C=O) groups excluding carboxylic acids is 1. The summed E-state index contributed by atoms with van der Waals surface area (Å²) in [6, 6.07) is 26.2. The molecule has 3 heteroatoms. The highest BCUT2D eigenvalue weighted by Crippen LogP contribution is 2.24. The van der Waals surface area contributed by atoms with Crippen molar-refractivity contribution in [1.82, 2.24) is 0 Å². The van der Waals surface area contributed by atoms with Gasteiger partial charge in [-0.25, -0.2) is 0 Å². The first-order chi connectivity index (χ1) is 11.3. The Hall–Kier alpha value is -2.65. The molecule has 0 amide bonds. The van der Waals surface area contributed by atoms with Crippen molar-refractivity contribution < 1.29 is 9.90 Å². The average molecular weight is 318 g/mol. The molecule has 0 saturated carbocycles. The zero-order chi connectivity index (χ0) is 16.1. The van der Waals surface area contributed by atoms with Gasteiger partial charge < -0.3 is 5.11 Å². The second kappa shape index (κ2) is 7.07. The molecule has 0 aliphatic carbocycles. The topological polar surface area (TPSA) is 37.3 Å². The van der Waals surface area contributed by atoms with E-state index in [1.54, 1.807) is 6.07 Å². The Morgan fingerprint density at radius 2 is 1.35 bits per heavy atom. The Bertz CT molecular complexity index is 746. The third kappa shape index (κ3) is 3.41. The number of aromatic hydroxyl groups is 1. The summed E-state index contributed by atoms with van der Waals surface area (Å²) in [4.78, 5) is 11.1. The maximum atomic E-state index is 11.1. The SMILES string of the molecule is O=Cc1cccc([SiH2]C(c2ccccc2)c2ccccc2)c1O. The first-order valence-corrected chi connectivity index (χ1v) is 9.18. The number of benzene rings is 3. The molecule has 0 unspecified atom stereocenters. The molecule has 23 heavy (non-hydrogen) atoms. The standard InChI is InChI=1S/C20H18O2Si/c21-14-17-12-7-13-18(19(17)22)23-20(15-8-3-1-4-9-15)16-10-5-2-6-11-16/h1-14,20,22H,23H2. The highest BCUT2D eigenvalue weighted by atomic mass is 28.2. The molecule has 3 aromatic rings. The number of hydrogen-bond acceptors (Lipinski definition) is 2. The van der Waals surface area contributed by atoms with Gasteiger partial charge in [-0.3, -0.25) is 4.79 Å².